The van der Waals surface area contributed by atoms with Crippen LogP contribution in [0.15, 0.2) is 29.1 Å². The molecule has 2 aromatic rings. The van der Waals surface area contributed by atoms with E-state index in [4.69, 9.17) is 0 Å². The minimum atomic E-state index is -1.22. The van der Waals surface area contributed by atoms with Crippen molar-refractivity contribution in [2.75, 3.05) is 13.1 Å². The summed E-state index contributed by atoms with van der Waals surface area (Å²) in [7, 11) is 0. The number of aromatic nitrogens is 2. The van der Waals surface area contributed by atoms with Gasteiger partial charge in [-0.2, -0.15) is 5.10 Å². The van der Waals surface area contributed by atoms with Crippen LogP contribution in [-0.4, -0.2) is 44.8 Å². The molecule has 1 fully saturated rings. The second-order valence-corrected chi connectivity index (χ2v) is 6.23. The van der Waals surface area contributed by atoms with Crippen molar-refractivity contribution < 1.29 is 14.7 Å². The molecule has 7 heteroatoms. The minimum absolute atomic E-state index is 0.205. The molecule has 126 valence electrons. The van der Waals surface area contributed by atoms with Crippen LogP contribution in [0.1, 0.15) is 30.3 Å². The van der Waals surface area contributed by atoms with Crippen molar-refractivity contribution in [3.8, 4) is 0 Å². The summed E-state index contributed by atoms with van der Waals surface area (Å²) in [5.41, 5.74) is -0.667. The van der Waals surface area contributed by atoms with Gasteiger partial charge in [-0.15, -0.1) is 0 Å². The number of nitrogens with zero attached hydrogens (tertiary/aromatic N) is 3. The summed E-state index contributed by atoms with van der Waals surface area (Å²) in [6, 6.07) is 6.41. The summed E-state index contributed by atoms with van der Waals surface area (Å²) >= 11 is 0. The van der Waals surface area contributed by atoms with Crippen LogP contribution in [-0.2, 0) is 11.3 Å². The molecule has 0 aliphatic carbocycles. The number of piperidine rings is 1. The van der Waals surface area contributed by atoms with Crippen molar-refractivity contribution in [1.29, 1.82) is 0 Å². The number of likely N-dealkylation sites (tertiary alicyclic amines) is 1. The fourth-order valence-electron chi connectivity index (χ4n) is 2.99. The van der Waals surface area contributed by atoms with E-state index in [0.29, 0.717) is 19.0 Å². The van der Waals surface area contributed by atoms with Gasteiger partial charge in [0.1, 0.15) is 6.54 Å². The number of fused-ring (bicyclic) bond motifs is 1. The van der Waals surface area contributed by atoms with Gasteiger partial charge in [0.2, 0.25) is 5.91 Å². The largest absolute Gasteiger partial charge is 0.476 e. The second-order valence-electron chi connectivity index (χ2n) is 6.23. The van der Waals surface area contributed by atoms with Gasteiger partial charge in [-0.1, -0.05) is 25.1 Å². The summed E-state index contributed by atoms with van der Waals surface area (Å²) in [5, 5.41) is 13.8. The monoisotopic (exact) mass is 329 g/mol. The molecule has 1 aromatic carbocycles. The first-order valence-corrected chi connectivity index (χ1v) is 7.98. The molecule has 1 amide bonds. The van der Waals surface area contributed by atoms with E-state index in [1.165, 1.54) is 0 Å². The molecule has 0 radical (unpaired) electrons. The topological polar surface area (TPSA) is 92.5 Å². The Balaban J connectivity index is 1.95. The van der Waals surface area contributed by atoms with Crippen LogP contribution in [0.5, 0.6) is 0 Å². The summed E-state index contributed by atoms with van der Waals surface area (Å²) in [6.45, 7) is 3.23. The predicted octanol–water partition coefficient (Wildman–Crippen LogP) is 1.35. The zero-order valence-corrected chi connectivity index (χ0v) is 13.4. The highest BCUT2D eigenvalue weighted by molar-refractivity contribution is 6.01. The summed E-state index contributed by atoms with van der Waals surface area (Å²) < 4.78 is 0.964. The SMILES string of the molecule is CC1CCN(C(=O)Cn2nc(C(=O)O)c3ccccc3c2=O)CC1. The average Bonchev–Trinajstić information content (AvgIpc) is 2.57. The number of carbonyl (C=O) groups is 2. The van der Waals surface area contributed by atoms with Crippen LogP contribution < -0.4 is 5.56 Å². The summed E-state index contributed by atoms with van der Waals surface area (Å²) in [4.78, 5) is 38.1. The molecule has 3 rings (SSSR count). The summed E-state index contributed by atoms with van der Waals surface area (Å²) in [5.74, 6) is -0.837. The van der Waals surface area contributed by atoms with E-state index in [-0.39, 0.29) is 28.9 Å². The third kappa shape index (κ3) is 3.02. The zero-order valence-electron chi connectivity index (χ0n) is 13.4. The number of hydrogen-bond donors (Lipinski definition) is 1. The number of carboxylic acid groups (broad SMARTS) is 1. The number of hydrogen-bond acceptors (Lipinski definition) is 4. The van der Waals surface area contributed by atoms with Gasteiger partial charge in [-0.05, 0) is 24.8 Å². The Bertz CT molecular complexity index is 851. The fourth-order valence-corrected chi connectivity index (χ4v) is 2.99. The maximum atomic E-state index is 12.5. The van der Waals surface area contributed by atoms with E-state index in [1.807, 2.05) is 0 Å². The van der Waals surface area contributed by atoms with Crippen LogP contribution in [0, 0.1) is 5.92 Å². The Hall–Kier alpha value is -2.70. The lowest BCUT2D eigenvalue weighted by atomic mass is 9.99. The van der Waals surface area contributed by atoms with E-state index in [0.717, 1.165) is 17.5 Å². The van der Waals surface area contributed by atoms with E-state index in [9.17, 15) is 19.5 Å². The van der Waals surface area contributed by atoms with Crippen molar-refractivity contribution in [3.05, 3.63) is 40.3 Å². The quantitative estimate of drug-likeness (QED) is 0.917. The molecule has 0 spiro atoms. The van der Waals surface area contributed by atoms with E-state index >= 15 is 0 Å². The number of amides is 1. The van der Waals surface area contributed by atoms with Gasteiger partial charge in [0, 0.05) is 18.5 Å². The highest BCUT2D eigenvalue weighted by Gasteiger charge is 2.22. The van der Waals surface area contributed by atoms with Gasteiger partial charge in [0.05, 0.1) is 5.39 Å². The average molecular weight is 329 g/mol. The maximum Gasteiger partial charge on any atom is 0.357 e. The lowest BCUT2D eigenvalue weighted by Gasteiger charge is -2.30. The Morgan fingerprint density at radius 1 is 1.21 bits per heavy atom. The molecule has 1 aliphatic heterocycles. The summed E-state index contributed by atoms with van der Waals surface area (Å²) in [6.07, 6.45) is 1.87. The molecule has 0 unspecified atom stereocenters. The molecule has 1 saturated heterocycles. The Morgan fingerprint density at radius 2 is 1.83 bits per heavy atom. The lowest BCUT2D eigenvalue weighted by Crippen LogP contribution is -2.42. The molecular weight excluding hydrogens is 310 g/mol. The zero-order chi connectivity index (χ0) is 17.3. The number of carboxylic acids is 1. The third-order valence-electron chi connectivity index (χ3n) is 4.49. The minimum Gasteiger partial charge on any atom is -0.476 e. The molecule has 24 heavy (non-hydrogen) atoms. The standard InChI is InChI=1S/C17H19N3O4/c1-11-6-8-19(9-7-11)14(21)10-20-16(22)13-5-3-2-4-12(13)15(18-20)17(23)24/h2-5,11H,6-10H2,1H3,(H,23,24). The molecule has 1 aliphatic rings. The predicted molar refractivity (Wildman–Crippen MR) is 87.9 cm³/mol. The van der Waals surface area contributed by atoms with Crippen LogP contribution >= 0.6 is 0 Å². The first-order valence-electron chi connectivity index (χ1n) is 7.98. The van der Waals surface area contributed by atoms with Crippen LogP contribution in [0.2, 0.25) is 0 Å². The second kappa shape index (κ2) is 6.43. The number of carbonyl (C=O) groups excluding carboxylic acids is 1. The van der Waals surface area contributed by atoms with Crippen molar-refractivity contribution in [3.63, 3.8) is 0 Å². The van der Waals surface area contributed by atoms with E-state index < -0.39 is 11.5 Å². The van der Waals surface area contributed by atoms with Crippen molar-refractivity contribution in [2.45, 2.75) is 26.3 Å². The number of rotatable bonds is 3. The third-order valence-corrected chi connectivity index (χ3v) is 4.49. The first-order chi connectivity index (χ1) is 11.5. The Kier molecular flexibility index (Phi) is 4.33. The highest BCUT2D eigenvalue weighted by Crippen LogP contribution is 2.17. The van der Waals surface area contributed by atoms with E-state index in [2.05, 4.69) is 12.0 Å². The lowest BCUT2D eigenvalue weighted by molar-refractivity contribution is -0.133. The number of aromatic carboxylic acids is 1. The van der Waals surface area contributed by atoms with Crippen LogP contribution in [0.3, 0.4) is 0 Å². The van der Waals surface area contributed by atoms with Crippen molar-refractivity contribution in [2.24, 2.45) is 5.92 Å². The molecule has 0 atom stereocenters. The van der Waals surface area contributed by atoms with Crippen molar-refractivity contribution in [1.82, 2.24) is 14.7 Å². The van der Waals surface area contributed by atoms with Gasteiger partial charge in [-0.3, -0.25) is 9.59 Å². The van der Waals surface area contributed by atoms with Gasteiger partial charge >= 0.3 is 5.97 Å². The van der Waals surface area contributed by atoms with Gasteiger partial charge < -0.3 is 10.0 Å². The molecule has 2 heterocycles. The Morgan fingerprint density at radius 3 is 2.46 bits per heavy atom. The molecule has 0 saturated carbocycles. The molecule has 1 N–H and O–H groups in total. The molecule has 0 bridgehead atoms. The molecule has 7 nitrogen and oxygen atoms in total. The maximum absolute atomic E-state index is 12.5. The van der Waals surface area contributed by atoms with Gasteiger partial charge in [0.25, 0.3) is 5.56 Å². The van der Waals surface area contributed by atoms with Gasteiger partial charge in [-0.25, -0.2) is 9.48 Å². The van der Waals surface area contributed by atoms with Crippen LogP contribution in [0.25, 0.3) is 10.8 Å². The number of benzene rings is 1. The Labute approximate surface area is 138 Å². The van der Waals surface area contributed by atoms with Crippen LogP contribution in [0.4, 0.5) is 0 Å². The van der Waals surface area contributed by atoms with Crippen molar-refractivity contribution >= 4 is 22.6 Å². The fraction of sp³-hybridized carbons (Fsp3) is 0.412. The smallest absolute Gasteiger partial charge is 0.357 e. The highest BCUT2D eigenvalue weighted by atomic mass is 16.4. The molecular formula is C17H19N3O4. The normalized spacial score (nSPS) is 15.6. The van der Waals surface area contributed by atoms with E-state index in [1.54, 1.807) is 29.2 Å². The van der Waals surface area contributed by atoms with Gasteiger partial charge in [0.15, 0.2) is 5.69 Å². The first kappa shape index (κ1) is 16.2. The molecule has 1 aromatic heterocycles.